The lowest BCUT2D eigenvalue weighted by atomic mass is 10.1. The van der Waals surface area contributed by atoms with Gasteiger partial charge in [-0.3, -0.25) is 4.79 Å². The van der Waals surface area contributed by atoms with Crippen molar-refractivity contribution >= 4 is 29.3 Å². The summed E-state index contributed by atoms with van der Waals surface area (Å²) in [6.45, 7) is 0. The van der Waals surface area contributed by atoms with Crippen LogP contribution in [0.4, 0.5) is 18.9 Å². The highest BCUT2D eigenvalue weighted by Crippen LogP contribution is 2.32. The minimum absolute atomic E-state index is 0.0845. The van der Waals surface area contributed by atoms with Gasteiger partial charge in [-0.2, -0.15) is 13.2 Å². The first-order valence-corrected chi connectivity index (χ1v) is 7.93. The van der Waals surface area contributed by atoms with Crippen LogP contribution in [0.25, 0.3) is 17.5 Å². The number of carbonyl (C=O) groups excluding carboxylic acids is 1. The van der Waals surface area contributed by atoms with Crippen LogP contribution in [0, 0.1) is 0 Å². The van der Waals surface area contributed by atoms with Crippen molar-refractivity contribution in [1.82, 2.24) is 10.2 Å². The molecule has 5 nitrogen and oxygen atoms in total. The summed E-state index contributed by atoms with van der Waals surface area (Å²) >= 11 is 5.89. The van der Waals surface area contributed by atoms with Gasteiger partial charge in [0.1, 0.15) is 0 Å². The molecule has 0 atom stereocenters. The molecule has 0 saturated heterocycles. The summed E-state index contributed by atoms with van der Waals surface area (Å²) in [7, 11) is 0. The normalized spacial score (nSPS) is 11.7. The van der Waals surface area contributed by atoms with E-state index in [4.69, 9.17) is 16.0 Å². The van der Waals surface area contributed by atoms with Crippen LogP contribution in [-0.2, 0) is 11.0 Å². The molecule has 0 unspecified atom stereocenters. The molecule has 9 heteroatoms. The number of alkyl halides is 3. The highest BCUT2D eigenvalue weighted by Gasteiger charge is 2.30. The average molecular weight is 394 g/mol. The Kier molecular flexibility index (Phi) is 5.27. The Balaban J connectivity index is 1.74. The minimum atomic E-state index is -4.50. The number of rotatable bonds is 4. The SMILES string of the molecule is O=C(/C=C/c1cc(C(F)(F)F)ccc1Cl)Nc1cccc(-c2nnco2)c1. The summed E-state index contributed by atoms with van der Waals surface area (Å²) in [5.74, 6) is -0.247. The van der Waals surface area contributed by atoms with E-state index < -0.39 is 17.6 Å². The van der Waals surface area contributed by atoms with Crippen molar-refractivity contribution in [3.63, 3.8) is 0 Å². The Bertz CT molecular complexity index is 986. The van der Waals surface area contributed by atoms with E-state index in [2.05, 4.69) is 15.5 Å². The van der Waals surface area contributed by atoms with Crippen molar-refractivity contribution in [2.75, 3.05) is 5.32 Å². The number of halogens is 4. The van der Waals surface area contributed by atoms with Gasteiger partial charge >= 0.3 is 6.18 Å². The molecule has 0 fully saturated rings. The summed E-state index contributed by atoms with van der Waals surface area (Å²) < 4.78 is 43.4. The van der Waals surface area contributed by atoms with Crippen molar-refractivity contribution in [3.8, 4) is 11.5 Å². The van der Waals surface area contributed by atoms with Gasteiger partial charge in [0, 0.05) is 22.3 Å². The molecule has 0 saturated carbocycles. The fraction of sp³-hybridized carbons (Fsp3) is 0.0556. The third-order valence-electron chi connectivity index (χ3n) is 3.47. The average Bonchev–Trinajstić information content (AvgIpc) is 3.15. The zero-order valence-corrected chi connectivity index (χ0v) is 14.3. The quantitative estimate of drug-likeness (QED) is 0.629. The lowest BCUT2D eigenvalue weighted by Gasteiger charge is -2.08. The molecule has 0 aliphatic carbocycles. The Morgan fingerprint density at radius 3 is 2.70 bits per heavy atom. The molecule has 138 valence electrons. The minimum Gasteiger partial charge on any atom is -0.423 e. The molecule has 1 aromatic heterocycles. The first kappa shape index (κ1) is 18.7. The zero-order chi connectivity index (χ0) is 19.4. The summed E-state index contributed by atoms with van der Waals surface area (Å²) in [4.78, 5) is 12.1. The predicted octanol–water partition coefficient (Wildman–Crippen LogP) is 5.06. The predicted molar refractivity (Wildman–Crippen MR) is 93.9 cm³/mol. The zero-order valence-electron chi connectivity index (χ0n) is 13.5. The molecule has 0 bridgehead atoms. The molecule has 1 amide bonds. The van der Waals surface area contributed by atoms with E-state index in [1.54, 1.807) is 24.3 Å². The van der Waals surface area contributed by atoms with E-state index in [-0.39, 0.29) is 16.5 Å². The highest BCUT2D eigenvalue weighted by atomic mass is 35.5. The fourth-order valence-electron chi connectivity index (χ4n) is 2.23. The lowest BCUT2D eigenvalue weighted by molar-refractivity contribution is -0.137. The van der Waals surface area contributed by atoms with E-state index in [1.165, 1.54) is 12.5 Å². The van der Waals surface area contributed by atoms with Crippen molar-refractivity contribution in [2.24, 2.45) is 0 Å². The lowest BCUT2D eigenvalue weighted by Crippen LogP contribution is -2.08. The van der Waals surface area contributed by atoms with Crippen LogP contribution in [-0.4, -0.2) is 16.1 Å². The van der Waals surface area contributed by atoms with Crippen LogP contribution in [0.1, 0.15) is 11.1 Å². The van der Waals surface area contributed by atoms with Gasteiger partial charge in [-0.15, -0.1) is 10.2 Å². The second kappa shape index (κ2) is 7.63. The van der Waals surface area contributed by atoms with Crippen LogP contribution < -0.4 is 5.32 Å². The number of amides is 1. The third kappa shape index (κ3) is 4.73. The molecular formula is C18H11ClF3N3O2. The number of aromatic nitrogens is 2. The smallest absolute Gasteiger partial charge is 0.416 e. The highest BCUT2D eigenvalue weighted by molar-refractivity contribution is 6.32. The van der Waals surface area contributed by atoms with Gasteiger partial charge in [0.25, 0.3) is 0 Å². The maximum atomic E-state index is 12.8. The largest absolute Gasteiger partial charge is 0.423 e. The molecule has 2 aromatic carbocycles. The molecule has 1 heterocycles. The molecule has 0 aliphatic rings. The van der Waals surface area contributed by atoms with Gasteiger partial charge in [-0.1, -0.05) is 17.7 Å². The standard InChI is InChI=1S/C18H11ClF3N3O2/c19-15-6-5-13(18(20,21)22)8-11(15)4-7-16(26)24-14-3-1-2-12(9-14)17-25-23-10-27-17/h1-10H,(H,24,26)/b7-4+. The summed E-state index contributed by atoms with van der Waals surface area (Å²) in [6.07, 6.45) is -0.998. The Labute approximate surface area is 156 Å². The van der Waals surface area contributed by atoms with E-state index >= 15 is 0 Å². The van der Waals surface area contributed by atoms with E-state index in [0.717, 1.165) is 24.3 Å². The fourth-order valence-corrected chi connectivity index (χ4v) is 2.41. The molecule has 0 spiro atoms. The molecule has 1 N–H and O–H groups in total. The van der Waals surface area contributed by atoms with Crippen molar-refractivity contribution in [2.45, 2.75) is 6.18 Å². The molecule has 0 aliphatic heterocycles. The second-order valence-corrected chi connectivity index (χ2v) is 5.79. The van der Waals surface area contributed by atoms with Crippen molar-refractivity contribution in [3.05, 3.63) is 71.1 Å². The number of nitrogens with one attached hydrogen (secondary N) is 1. The van der Waals surface area contributed by atoms with Crippen LogP contribution in [0.3, 0.4) is 0 Å². The van der Waals surface area contributed by atoms with Crippen molar-refractivity contribution < 1.29 is 22.4 Å². The van der Waals surface area contributed by atoms with Crippen LogP contribution >= 0.6 is 11.6 Å². The number of anilines is 1. The van der Waals surface area contributed by atoms with Gasteiger partial charge in [0.15, 0.2) is 0 Å². The van der Waals surface area contributed by atoms with Crippen LogP contribution in [0.15, 0.2) is 59.4 Å². The number of hydrogen-bond donors (Lipinski definition) is 1. The van der Waals surface area contributed by atoms with Crippen molar-refractivity contribution in [1.29, 1.82) is 0 Å². The van der Waals surface area contributed by atoms with E-state index in [0.29, 0.717) is 11.3 Å². The van der Waals surface area contributed by atoms with E-state index in [1.807, 2.05) is 0 Å². The topological polar surface area (TPSA) is 68.0 Å². The van der Waals surface area contributed by atoms with Gasteiger partial charge in [0.2, 0.25) is 18.2 Å². The summed E-state index contributed by atoms with van der Waals surface area (Å²) in [5.41, 5.74) is 0.297. The van der Waals surface area contributed by atoms with Crippen LogP contribution in [0.2, 0.25) is 5.02 Å². The molecular weight excluding hydrogens is 383 g/mol. The number of carbonyl (C=O) groups is 1. The monoisotopic (exact) mass is 393 g/mol. The molecule has 0 radical (unpaired) electrons. The number of nitrogens with zero attached hydrogens (tertiary/aromatic N) is 2. The summed E-state index contributed by atoms with van der Waals surface area (Å²) in [6, 6.07) is 9.56. The van der Waals surface area contributed by atoms with Gasteiger partial charge < -0.3 is 9.73 Å². The number of hydrogen-bond acceptors (Lipinski definition) is 4. The Morgan fingerprint density at radius 2 is 2.00 bits per heavy atom. The first-order valence-electron chi connectivity index (χ1n) is 7.55. The summed E-state index contributed by atoms with van der Waals surface area (Å²) in [5, 5.41) is 10.0. The Morgan fingerprint density at radius 1 is 1.19 bits per heavy atom. The van der Waals surface area contributed by atoms with Gasteiger partial charge in [-0.05, 0) is 48.0 Å². The third-order valence-corrected chi connectivity index (χ3v) is 3.82. The molecule has 3 rings (SSSR count). The maximum absolute atomic E-state index is 12.8. The van der Waals surface area contributed by atoms with Crippen LogP contribution in [0.5, 0.6) is 0 Å². The van der Waals surface area contributed by atoms with E-state index in [9.17, 15) is 18.0 Å². The molecule has 27 heavy (non-hydrogen) atoms. The maximum Gasteiger partial charge on any atom is 0.416 e. The molecule has 3 aromatic rings. The first-order chi connectivity index (χ1) is 12.8. The number of benzene rings is 2. The second-order valence-electron chi connectivity index (χ2n) is 5.38. The Hall–Kier alpha value is -3.13. The van der Waals surface area contributed by atoms with Gasteiger partial charge in [0.05, 0.1) is 5.56 Å². The van der Waals surface area contributed by atoms with Gasteiger partial charge in [-0.25, -0.2) is 0 Å².